The Balaban J connectivity index is 1.49. The van der Waals surface area contributed by atoms with Gasteiger partial charge in [-0.15, -0.1) is 0 Å². The maximum atomic E-state index is 13.6. The zero-order chi connectivity index (χ0) is 19.3. The monoisotopic (exact) mass is 391 g/mol. The first-order valence-corrected chi connectivity index (χ1v) is 10.8. The van der Waals surface area contributed by atoms with Crippen LogP contribution in [0.4, 0.5) is 10.1 Å². The highest BCUT2D eigenvalue weighted by Gasteiger charge is 2.15. The first-order valence-electron chi connectivity index (χ1n) is 9.16. The number of rotatable bonds is 7. The Kier molecular flexibility index (Phi) is 6.46. The second-order valence-corrected chi connectivity index (χ2v) is 8.76. The summed E-state index contributed by atoms with van der Waals surface area (Å²) in [4.78, 5) is 4.68. The van der Waals surface area contributed by atoms with Gasteiger partial charge < -0.3 is 9.80 Å². The molecule has 0 amide bonds. The van der Waals surface area contributed by atoms with E-state index in [1.54, 1.807) is 12.1 Å². The van der Waals surface area contributed by atoms with Crippen LogP contribution in [-0.4, -0.2) is 53.1 Å². The highest BCUT2D eigenvalue weighted by Crippen LogP contribution is 2.17. The van der Waals surface area contributed by atoms with E-state index in [0.29, 0.717) is 13.0 Å². The molecule has 1 aliphatic rings. The quantitative estimate of drug-likeness (QED) is 0.787. The summed E-state index contributed by atoms with van der Waals surface area (Å²) in [5.41, 5.74) is 2.45. The van der Waals surface area contributed by atoms with Gasteiger partial charge in [0.25, 0.3) is 0 Å². The van der Waals surface area contributed by atoms with E-state index >= 15 is 0 Å². The van der Waals surface area contributed by atoms with Crippen molar-refractivity contribution >= 4 is 15.7 Å². The zero-order valence-corrected chi connectivity index (χ0v) is 16.4. The molecule has 3 rings (SSSR count). The first kappa shape index (κ1) is 19.8. The Morgan fingerprint density at radius 2 is 1.67 bits per heavy atom. The van der Waals surface area contributed by atoms with Crippen LogP contribution in [0.1, 0.15) is 11.1 Å². The predicted molar refractivity (Wildman–Crippen MR) is 107 cm³/mol. The van der Waals surface area contributed by atoms with E-state index in [0.717, 1.165) is 31.7 Å². The Bertz CT molecular complexity index is 848. The van der Waals surface area contributed by atoms with Gasteiger partial charge in [0.15, 0.2) is 0 Å². The van der Waals surface area contributed by atoms with Gasteiger partial charge in [-0.25, -0.2) is 17.5 Å². The molecule has 7 heteroatoms. The van der Waals surface area contributed by atoms with Gasteiger partial charge in [-0.05, 0) is 37.2 Å². The van der Waals surface area contributed by atoms with E-state index in [4.69, 9.17) is 0 Å². The molecular weight excluding hydrogens is 365 g/mol. The summed E-state index contributed by atoms with van der Waals surface area (Å²) in [6, 6.07) is 14.2. The second-order valence-electron chi connectivity index (χ2n) is 6.95. The molecule has 0 bridgehead atoms. The summed E-state index contributed by atoms with van der Waals surface area (Å²) in [5, 5.41) is 0. The Labute approximate surface area is 160 Å². The molecule has 2 aromatic carbocycles. The van der Waals surface area contributed by atoms with Crippen molar-refractivity contribution in [2.75, 3.05) is 44.7 Å². The van der Waals surface area contributed by atoms with Gasteiger partial charge in [0.2, 0.25) is 10.0 Å². The van der Waals surface area contributed by atoms with E-state index in [9.17, 15) is 12.8 Å². The topological polar surface area (TPSA) is 52.6 Å². The van der Waals surface area contributed by atoms with Crippen LogP contribution < -0.4 is 9.62 Å². The van der Waals surface area contributed by atoms with Gasteiger partial charge in [0.1, 0.15) is 5.82 Å². The summed E-state index contributed by atoms with van der Waals surface area (Å²) < 4.78 is 40.5. The van der Waals surface area contributed by atoms with Crippen LogP contribution in [0.2, 0.25) is 0 Å². The molecule has 1 fully saturated rings. The molecule has 1 aliphatic heterocycles. The molecule has 0 aromatic heterocycles. The molecule has 1 saturated heterocycles. The molecule has 0 radical (unpaired) electrons. The van der Waals surface area contributed by atoms with Gasteiger partial charge >= 0.3 is 0 Å². The summed E-state index contributed by atoms with van der Waals surface area (Å²) in [6.07, 6.45) is 0.597. The van der Waals surface area contributed by atoms with Crippen LogP contribution in [0.5, 0.6) is 0 Å². The van der Waals surface area contributed by atoms with E-state index in [1.165, 1.54) is 17.8 Å². The first-order chi connectivity index (χ1) is 12.9. The van der Waals surface area contributed by atoms with Crippen molar-refractivity contribution in [2.45, 2.75) is 12.2 Å². The lowest BCUT2D eigenvalue weighted by Crippen LogP contribution is -2.44. The predicted octanol–water partition coefficient (Wildman–Crippen LogP) is 2.24. The molecule has 146 valence electrons. The average Bonchev–Trinajstić information content (AvgIpc) is 2.65. The molecule has 0 unspecified atom stereocenters. The third-order valence-corrected chi connectivity index (χ3v) is 6.18. The summed E-state index contributed by atoms with van der Waals surface area (Å²) in [6.45, 7) is 4.46. The van der Waals surface area contributed by atoms with Crippen molar-refractivity contribution in [2.24, 2.45) is 0 Å². The van der Waals surface area contributed by atoms with Crippen LogP contribution in [0.25, 0.3) is 0 Å². The van der Waals surface area contributed by atoms with Gasteiger partial charge in [-0.3, -0.25) is 0 Å². The number of sulfonamides is 1. The maximum absolute atomic E-state index is 13.6. The van der Waals surface area contributed by atoms with Crippen molar-refractivity contribution < 1.29 is 12.8 Å². The zero-order valence-electron chi connectivity index (χ0n) is 15.6. The summed E-state index contributed by atoms with van der Waals surface area (Å²) >= 11 is 0. The number of piperazine rings is 1. The molecule has 0 saturated carbocycles. The van der Waals surface area contributed by atoms with E-state index < -0.39 is 15.8 Å². The van der Waals surface area contributed by atoms with Crippen LogP contribution in [-0.2, 0) is 22.2 Å². The van der Waals surface area contributed by atoms with Gasteiger partial charge in [-0.1, -0.05) is 30.3 Å². The molecule has 1 heterocycles. The highest BCUT2D eigenvalue weighted by molar-refractivity contribution is 7.88. The van der Waals surface area contributed by atoms with Gasteiger partial charge in [0, 0.05) is 44.0 Å². The molecular formula is C20H26FN3O2S. The number of likely N-dealkylation sites (N-methyl/N-ethyl adjacent to an activating group) is 1. The molecule has 0 atom stereocenters. The number of halogens is 1. The molecule has 2 aromatic rings. The minimum Gasteiger partial charge on any atom is -0.369 e. The van der Waals surface area contributed by atoms with Gasteiger partial charge in [-0.2, -0.15) is 0 Å². The lowest BCUT2D eigenvalue weighted by atomic mass is 10.1. The Hall–Kier alpha value is -1.96. The van der Waals surface area contributed by atoms with Crippen LogP contribution >= 0.6 is 0 Å². The third-order valence-electron chi connectivity index (χ3n) is 4.84. The maximum Gasteiger partial charge on any atom is 0.215 e. The molecule has 27 heavy (non-hydrogen) atoms. The molecule has 1 N–H and O–H groups in total. The third kappa shape index (κ3) is 5.76. The molecule has 0 aliphatic carbocycles. The SMILES string of the molecule is CN1CCN(c2ccc(CCNS(=O)(=O)Cc3ccccc3F)cc2)CC1. The minimum absolute atomic E-state index is 0.182. The van der Waals surface area contributed by atoms with Crippen LogP contribution in [0, 0.1) is 5.82 Å². The fourth-order valence-corrected chi connectivity index (χ4v) is 4.32. The number of hydrogen-bond donors (Lipinski definition) is 1. The van der Waals surface area contributed by atoms with Crippen molar-refractivity contribution in [3.8, 4) is 0 Å². The Morgan fingerprint density at radius 1 is 1.00 bits per heavy atom. The smallest absolute Gasteiger partial charge is 0.215 e. The van der Waals surface area contributed by atoms with Crippen molar-refractivity contribution in [3.05, 3.63) is 65.5 Å². The normalized spacial score (nSPS) is 15.9. The summed E-state index contributed by atoms with van der Waals surface area (Å²) in [7, 11) is -1.43. The number of nitrogens with one attached hydrogen (secondary N) is 1. The lowest BCUT2D eigenvalue weighted by Gasteiger charge is -2.34. The van der Waals surface area contributed by atoms with Crippen LogP contribution in [0.15, 0.2) is 48.5 Å². The number of nitrogens with zero attached hydrogens (tertiary/aromatic N) is 2. The fraction of sp³-hybridized carbons (Fsp3) is 0.400. The van der Waals surface area contributed by atoms with Crippen LogP contribution in [0.3, 0.4) is 0 Å². The van der Waals surface area contributed by atoms with Crippen molar-refractivity contribution in [1.82, 2.24) is 9.62 Å². The Morgan fingerprint density at radius 3 is 2.33 bits per heavy atom. The van der Waals surface area contributed by atoms with Gasteiger partial charge in [0.05, 0.1) is 5.75 Å². The lowest BCUT2D eigenvalue weighted by molar-refractivity contribution is 0.313. The standard InChI is InChI=1S/C20H26FN3O2S/c1-23-12-14-24(15-13-23)19-8-6-17(7-9-19)10-11-22-27(25,26)16-18-4-2-3-5-20(18)21/h2-9,22H,10-16H2,1H3. The highest BCUT2D eigenvalue weighted by atomic mass is 32.2. The van der Waals surface area contributed by atoms with E-state index in [-0.39, 0.29) is 11.3 Å². The largest absolute Gasteiger partial charge is 0.369 e. The van der Waals surface area contributed by atoms with E-state index in [2.05, 4.69) is 33.7 Å². The molecule has 0 spiro atoms. The number of hydrogen-bond acceptors (Lipinski definition) is 4. The molecule has 5 nitrogen and oxygen atoms in total. The summed E-state index contributed by atoms with van der Waals surface area (Å²) in [5.74, 6) is -0.843. The minimum atomic E-state index is -3.56. The van der Waals surface area contributed by atoms with E-state index in [1.807, 2.05) is 12.1 Å². The second kappa shape index (κ2) is 8.82. The number of anilines is 1. The van der Waals surface area contributed by atoms with Crippen molar-refractivity contribution in [1.29, 1.82) is 0 Å². The van der Waals surface area contributed by atoms with Crippen molar-refractivity contribution in [3.63, 3.8) is 0 Å². The average molecular weight is 392 g/mol. The fourth-order valence-electron chi connectivity index (χ4n) is 3.16. The number of benzene rings is 2.